The van der Waals surface area contributed by atoms with Crippen LogP contribution in [0.2, 0.25) is 0 Å². The molecule has 3 heteroatoms. The lowest BCUT2D eigenvalue weighted by Crippen LogP contribution is -2.32. The van der Waals surface area contributed by atoms with Gasteiger partial charge >= 0.3 is 0 Å². The molecule has 1 aromatic rings. The predicted octanol–water partition coefficient (Wildman–Crippen LogP) is 2.35. The van der Waals surface area contributed by atoms with E-state index < -0.39 is 0 Å². The summed E-state index contributed by atoms with van der Waals surface area (Å²) in [4.78, 5) is 7.35. The molecule has 3 rings (SSSR count). The first-order chi connectivity index (χ1) is 8.86. The molecular weight excluding hydrogens is 222 g/mol. The van der Waals surface area contributed by atoms with Gasteiger partial charge in [0, 0.05) is 26.1 Å². The van der Waals surface area contributed by atoms with Crippen LogP contribution in [0, 0.1) is 0 Å². The van der Waals surface area contributed by atoms with Crippen LogP contribution >= 0.6 is 0 Å². The zero-order valence-electron chi connectivity index (χ0n) is 11.0. The molecule has 1 unspecified atom stereocenters. The van der Waals surface area contributed by atoms with E-state index in [9.17, 15) is 0 Å². The first kappa shape index (κ1) is 11.7. The summed E-state index contributed by atoms with van der Waals surface area (Å²) in [5, 5.41) is 3.18. The van der Waals surface area contributed by atoms with Gasteiger partial charge < -0.3 is 10.2 Å². The van der Waals surface area contributed by atoms with Gasteiger partial charge in [0.2, 0.25) is 0 Å². The Balaban J connectivity index is 1.73. The summed E-state index contributed by atoms with van der Waals surface area (Å²) in [5.74, 6) is 1.34. The van der Waals surface area contributed by atoms with Crippen molar-refractivity contribution in [2.45, 2.75) is 31.8 Å². The molecule has 0 aromatic heterocycles. The maximum Gasteiger partial charge on any atom is 0.0998 e. The minimum atomic E-state index is 0.363. The van der Waals surface area contributed by atoms with Crippen LogP contribution in [0.5, 0.6) is 0 Å². The van der Waals surface area contributed by atoms with Crippen LogP contribution < -0.4 is 5.32 Å². The van der Waals surface area contributed by atoms with Gasteiger partial charge in [-0.1, -0.05) is 24.3 Å². The Morgan fingerprint density at radius 3 is 2.83 bits per heavy atom. The number of benzene rings is 1. The van der Waals surface area contributed by atoms with E-state index in [1.807, 2.05) is 7.05 Å². The van der Waals surface area contributed by atoms with E-state index in [0.29, 0.717) is 6.04 Å². The molecule has 1 aromatic carbocycles. The minimum Gasteiger partial charge on any atom is -0.358 e. The first-order valence-corrected chi connectivity index (χ1v) is 6.92. The Kier molecular flexibility index (Phi) is 3.33. The molecule has 2 heterocycles. The number of aliphatic imine (C=N–C) groups is 1. The van der Waals surface area contributed by atoms with Gasteiger partial charge in [0.1, 0.15) is 0 Å². The number of rotatable bonds is 3. The summed E-state index contributed by atoms with van der Waals surface area (Å²) in [6.45, 7) is 3.22. The number of fused-ring (bicyclic) bond motifs is 1. The normalized spacial score (nSPS) is 22.8. The molecule has 0 saturated carbocycles. The summed E-state index contributed by atoms with van der Waals surface area (Å²) in [6.07, 6.45) is 3.81. The van der Waals surface area contributed by atoms with Crippen molar-refractivity contribution in [3.05, 3.63) is 35.4 Å². The van der Waals surface area contributed by atoms with Crippen molar-refractivity contribution < 1.29 is 0 Å². The van der Waals surface area contributed by atoms with Crippen molar-refractivity contribution in [1.82, 2.24) is 10.2 Å². The molecule has 0 aliphatic carbocycles. The Labute approximate surface area is 109 Å². The number of hydrogen-bond acceptors (Lipinski definition) is 3. The Bertz CT molecular complexity index is 436. The second kappa shape index (κ2) is 5.11. The monoisotopic (exact) mass is 243 g/mol. The van der Waals surface area contributed by atoms with E-state index >= 15 is 0 Å². The highest BCUT2D eigenvalue weighted by atomic mass is 15.3. The number of amidine groups is 1. The number of nitrogens with zero attached hydrogens (tertiary/aromatic N) is 2. The van der Waals surface area contributed by atoms with Crippen LogP contribution in [-0.4, -0.2) is 30.9 Å². The third-order valence-electron chi connectivity index (χ3n) is 3.89. The van der Waals surface area contributed by atoms with Crippen molar-refractivity contribution >= 4 is 5.84 Å². The summed E-state index contributed by atoms with van der Waals surface area (Å²) in [5.41, 5.74) is 2.70. The lowest BCUT2D eigenvalue weighted by atomic mass is 10.1. The van der Waals surface area contributed by atoms with Crippen LogP contribution in [0.1, 0.15) is 36.4 Å². The maximum absolute atomic E-state index is 4.88. The summed E-state index contributed by atoms with van der Waals surface area (Å²) in [6, 6.07) is 9.26. The summed E-state index contributed by atoms with van der Waals surface area (Å²) < 4.78 is 0. The molecule has 18 heavy (non-hydrogen) atoms. The number of hydrogen-bond donors (Lipinski definition) is 1. The Morgan fingerprint density at radius 2 is 2.11 bits per heavy atom. The molecule has 1 N–H and O–H groups in total. The average Bonchev–Trinajstić information content (AvgIpc) is 2.84. The molecule has 0 amide bonds. The van der Waals surface area contributed by atoms with Gasteiger partial charge in [-0.05, 0) is 31.0 Å². The van der Waals surface area contributed by atoms with Crippen molar-refractivity contribution in [3.8, 4) is 0 Å². The highest BCUT2D eigenvalue weighted by Gasteiger charge is 2.27. The number of nitrogens with one attached hydrogen (secondary N) is 1. The fourth-order valence-electron chi connectivity index (χ4n) is 2.89. The molecule has 0 bridgehead atoms. The Morgan fingerprint density at radius 1 is 1.28 bits per heavy atom. The Hall–Kier alpha value is -1.35. The van der Waals surface area contributed by atoms with Crippen LogP contribution in [0.3, 0.4) is 0 Å². The molecule has 96 valence electrons. The van der Waals surface area contributed by atoms with Crippen LogP contribution in [0.25, 0.3) is 0 Å². The van der Waals surface area contributed by atoms with Crippen molar-refractivity contribution in [2.24, 2.45) is 4.99 Å². The van der Waals surface area contributed by atoms with Gasteiger partial charge in [0.25, 0.3) is 0 Å². The second-order valence-corrected chi connectivity index (χ2v) is 5.24. The molecule has 1 atom stereocenters. The third kappa shape index (κ3) is 2.27. The van der Waals surface area contributed by atoms with E-state index in [0.717, 1.165) is 13.1 Å². The van der Waals surface area contributed by atoms with Gasteiger partial charge in [0.15, 0.2) is 0 Å². The molecule has 2 aliphatic rings. The molecular formula is C15H21N3. The highest BCUT2D eigenvalue weighted by molar-refractivity contribution is 5.84. The van der Waals surface area contributed by atoms with Gasteiger partial charge in [-0.15, -0.1) is 0 Å². The standard InChI is InChI=1S/C15H21N3/c1-16-10-12-5-7-13(8-6-12)14-11-18-9-3-2-4-15(18)17-14/h5-8,14,16H,2-4,9-11H2,1H3. The van der Waals surface area contributed by atoms with Crippen LogP contribution in [0.4, 0.5) is 0 Å². The van der Waals surface area contributed by atoms with E-state index in [1.54, 1.807) is 0 Å². The number of piperidine rings is 1. The fourth-order valence-corrected chi connectivity index (χ4v) is 2.89. The molecule has 1 saturated heterocycles. The summed E-state index contributed by atoms with van der Waals surface area (Å²) >= 11 is 0. The van der Waals surface area contributed by atoms with Gasteiger partial charge in [-0.25, -0.2) is 0 Å². The summed E-state index contributed by atoms with van der Waals surface area (Å²) in [7, 11) is 1.98. The highest BCUT2D eigenvalue weighted by Crippen LogP contribution is 2.29. The van der Waals surface area contributed by atoms with Crippen molar-refractivity contribution in [3.63, 3.8) is 0 Å². The van der Waals surface area contributed by atoms with Gasteiger partial charge in [-0.2, -0.15) is 0 Å². The van der Waals surface area contributed by atoms with Crippen LogP contribution in [0.15, 0.2) is 29.3 Å². The van der Waals surface area contributed by atoms with E-state index in [-0.39, 0.29) is 0 Å². The largest absolute Gasteiger partial charge is 0.358 e. The van der Waals surface area contributed by atoms with Crippen molar-refractivity contribution in [1.29, 1.82) is 0 Å². The minimum absolute atomic E-state index is 0.363. The first-order valence-electron chi connectivity index (χ1n) is 6.92. The maximum atomic E-state index is 4.88. The molecule has 2 aliphatic heterocycles. The topological polar surface area (TPSA) is 27.6 Å². The SMILES string of the molecule is CNCc1ccc(C2CN3CCCCC3=N2)cc1. The predicted molar refractivity (Wildman–Crippen MR) is 74.8 cm³/mol. The van der Waals surface area contributed by atoms with Crippen molar-refractivity contribution in [2.75, 3.05) is 20.1 Å². The molecule has 0 spiro atoms. The average molecular weight is 243 g/mol. The van der Waals surface area contributed by atoms with Gasteiger partial charge in [0.05, 0.1) is 11.9 Å². The van der Waals surface area contributed by atoms with E-state index in [4.69, 9.17) is 4.99 Å². The van der Waals surface area contributed by atoms with Crippen LogP contribution in [-0.2, 0) is 6.54 Å². The molecule has 0 radical (unpaired) electrons. The van der Waals surface area contributed by atoms with E-state index in [2.05, 4.69) is 34.5 Å². The molecule has 1 fully saturated rings. The molecule has 3 nitrogen and oxygen atoms in total. The lowest BCUT2D eigenvalue weighted by molar-refractivity contribution is 0.384. The quantitative estimate of drug-likeness (QED) is 0.882. The van der Waals surface area contributed by atoms with Gasteiger partial charge in [-0.3, -0.25) is 4.99 Å². The smallest absolute Gasteiger partial charge is 0.0998 e. The lowest BCUT2D eigenvalue weighted by Gasteiger charge is -2.25. The fraction of sp³-hybridized carbons (Fsp3) is 0.533. The zero-order chi connectivity index (χ0) is 12.4. The van der Waals surface area contributed by atoms with E-state index in [1.165, 1.54) is 42.8 Å². The zero-order valence-corrected chi connectivity index (χ0v) is 11.0. The third-order valence-corrected chi connectivity index (χ3v) is 3.89. The second-order valence-electron chi connectivity index (χ2n) is 5.24.